The number of aliphatic hydroxyl groups is 1. The molecule has 12 heteroatoms. The molecule has 3 unspecified atom stereocenters. The molecule has 0 spiro atoms. The van der Waals surface area contributed by atoms with Crippen molar-refractivity contribution in [2.45, 2.75) is 149 Å². The number of rotatable bonds is 42. The molecule has 2 N–H and O–H groups in total. The van der Waals surface area contributed by atoms with Gasteiger partial charge in [-0.15, -0.1) is 0 Å². The van der Waals surface area contributed by atoms with Gasteiger partial charge >= 0.3 is 25.7 Å². The van der Waals surface area contributed by atoms with Crippen LogP contribution in [0, 0.1) is 0 Å². The van der Waals surface area contributed by atoms with Crippen LogP contribution in [0.4, 0.5) is 0 Å². The van der Waals surface area contributed by atoms with E-state index >= 15 is 0 Å². The Morgan fingerprint density at radius 2 is 0.706 bits per heavy atom. The second kappa shape index (κ2) is 48.6. The molecule has 3 atom stereocenters. The molecule has 0 saturated heterocycles. The Morgan fingerprint density at radius 3 is 1.04 bits per heavy atom. The minimum absolute atomic E-state index is 0.0117. The molecular weight excluding hydrogens is 880 g/mol. The van der Waals surface area contributed by atoms with Gasteiger partial charge < -0.3 is 24.2 Å². The fourth-order valence-electron chi connectivity index (χ4n) is 5.39. The van der Waals surface area contributed by atoms with Crippen molar-refractivity contribution in [3.63, 3.8) is 0 Å². The van der Waals surface area contributed by atoms with E-state index in [1.807, 2.05) is 54.7 Å². The van der Waals surface area contributed by atoms with Crippen molar-refractivity contribution in [2.24, 2.45) is 0 Å². The van der Waals surface area contributed by atoms with Gasteiger partial charge in [0, 0.05) is 12.8 Å². The first-order valence-electron chi connectivity index (χ1n) is 24.4. The number of phosphoric acid groups is 1. The van der Waals surface area contributed by atoms with E-state index in [4.69, 9.17) is 23.3 Å². The van der Waals surface area contributed by atoms with E-state index in [9.17, 15) is 28.9 Å². The average Bonchev–Trinajstić information content (AvgIpc) is 3.32. The highest BCUT2D eigenvalue weighted by molar-refractivity contribution is 7.47. The number of hydrogen-bond donors (Lipinski definition) is 2. The lowest BCUT2D eigenvalue weighted by atomic mass is 10.2. The standard InChI is InChI=1S/C56H83O11P/c1-4-7-10-13-16-19-22-25-26-29-30-33-36-39-42-45-54(58)63-49-53(67-56(60)47-44-41-38-35-32-28-24-21-18-15-12-9-6-3)51-65-68(61,62)64-50-52(48-57)66-55(59)46-43-40-37-34-31-27-23-20-17-14-11-8-5-2/h7-12,16-21,25-28,30-33,37-42,52-53,57H,4-6,13-15,22-24,29,34-36,43-51H2,1-3H3,(H,61,62)/b10-7-,11-8-,12-9-,19-16-,20-17-,21-18-,26-25-,31-27-,32-28-,33-30-,40-37-,41-38-,42-39-. The van der Waals surface area contributed by atoms with E-state index in [1.54, 1.807) is 6.08 Å². The molecule has 68 heavy (non-hydrogen) atoms. The van der Waals surface area contributed by atoms with E-state index in [1.165, 1.54) is 0 Å². The number of esters is 3. The number of carbonyl (C=O) groups excluding carboxylic acids is 3. The summed E-state index contributed by atoms with van der Waals surface area (Å²) in [7, 11) is -4.81. The molecule has 0 bridgehead atoms. The summed E-state index contributed by atoms with van der Waals surface area (Å²) in [4.78, 5) is 48.1. The van der Waals surface area contributed by atoms with Crippen LogP contribution < -0.4 is 0 Å². The third-order valence-corrected chi connectivity index (χ3v) is 9.94. The van der Waals surface area contributed by atoms with Crippen LogP contribution in [0.5, 0.6) is 0 Å². The first-order valence-corrected chi connectivity index (χ1v) is 25.9. The van der Waals surface area contributed by atoms with Gasteiger partial charge in [-0.2, -0.15) is 0 Å². The van der Waals surface area contributed by atoms with Crippen molar-refractivity contribution in [1.82, 2.24) is 0 Å². The van der Waals surface area contributed by atoms with Crippen molar-refractivity contribution in [3.05, 3.63) is 158 Å². The lowest BCUT2D eigenvalue weighted by Gasteiger charge is -2.21. The van der Waals surface area contributed by atoms with E-state index in [0.717, 1.165) is 70.6 Å². The smallest absolute Gasteiger partial charge is 0.461 e. The Kier molecular flexibility index (Phi) is 45.1. The number of allylic oxidation sites excluding steroid dienone is 25. The highest BCUT2D eigenvalue weighted by atomic mass is 31.2. The Morgan fingerprint density at radius 1 is 0.412 bits per heavy atom. The summed E-state index contributed by atoms with van der Waals surface area (Å²) < 4.78 is 39.0. The van der Waals surface area contributed by atoms with Gasteiger partial charge in [-0.1, -0.05) is 179 Å². The van der Waals surface area contributed by atoms with Gasteiger partial charge in [0.2, 0.25) is 0 Å². The van der Waals surface area contributed by atoms with Crippen molar-refractivity contribution in [1.29, 1.82) is 0 Å². The van der Waals surface area contributed by atoms with Crippen molar-refractivity contribution in [3.8, 4) is 0 Å². The number of phosphoric ester groups is 1. The third kappa shape index (κ3) is 46.2. The van der Waals surface area contributed by atoms with Crippen LogP contribution >= 0.6 is 7.82 Å². The van der Waals surface area contributed by atoms with Crippen molar-refractivity contribution < 1.29 is 52.2 Å². The predicted octanol–water partition coefficient (Wildman–Crippen LogP) is 13.8. The van der Waals surface area contributed by atoms with Gasteiger partial charge in [0.1, 0.15) is 12.7 Å². The van der Waals surface area contributed by atoms with Crippen LogP contribution in [0.25, 0.3) is 0 Å². The zero-order valence-corrected chi connectivity index (χ0v) is 42.1. The SMILES string of the molecule is CC/C=C\C/C=C\C/C=C\C/C=C\C/C=C\CC(=O)OCC(COP(=O)(O)OCC(CO)OC(=O)CC/C=C\C/C=C\C/C=C\C/C=C\CC)OC(=O)CC/C=C\C/C=C\C/C=C\C/C=C\CC. The molecule has 0 amide bonds. The molecular formula is C56H83O11P. The third-order valence-electron chi connectivity index (χ3n) is 8.99. The molecule has 0 aromatic heterocycles. The maximum atomic E-state index is 12.8. The highest BCUT2D eigenvalue weighted by Crippen LogP contribution is 2.43. The number of hydrogen-bond acceptors (Lipinski definition) is 10. The molecule has 0 aliphatic heterocycles. The minimum atomic E-state index is -4.81. The molecule has 11 nitrogen and oxygen atoms in total. The second-order valence-corrected chi connectivity index (χ2v) is 16.6. The monoisotopic (exact) mass is 963 g/mol. The number of ether oxygens (including phenoxy) is 3. The molecule has 0 radical (unpaired) electrons. The van der Waals surface area contributed by atoms with Crippen molar-refractivity contribution >= 4 is 25.7 Å². The Balaban J connectivity index is 5.05. The Hall–Kier alpha value is -4.90. The highest BCUT2D eigenvalue weighted by Gasteiger charge is 2.28. The van der Waals surface area contributed by atoms with Gasteiger partial charge in [0.15, 0.2) is 6.10 Å². The first-order chi connectivity index (χ1) is 33.2. The first kappa shape index (κ1) is 63.1. The molecule has 0 fully saturated rings. The molecule has 0 aromatic carbocycles. The maximum absolute atomic E-state index is 12.8. The Bertz CT molecular complexity index is 1740. The van der Waals surface area contributed by atoms with E-state index in [2.05, 4.69) is 118 Å². The van der Waals surface area contributed by atoms with Crippen LogP contribution in [-0.4, -0.2) is 66.5 Å². The molecule has 0 saturated carbocycles. The van der Waals surface area contributed by atoms with E-state index in [0.29, 0.717) is 25.7 Å². The molecule has 0 aliphatic rings. The van der Waals surface area contributed by atoms with E-state index in [-0.39, 0.29) is 19.3 Å². The summed E-state index contributed by atoms with van der Waals surface area (Å²) in [5, 5.41) is 9.74. The normalized spacial score (nSPS) is 14.8. The fourth-order valence-corrected chi connectivity index (χ4v) is 6.18. The lowest BCUT2D eigenvalue weighted by Crippen LogP contribution is -2.30. The van der Waals surface area contributed by atoms with Crippen LogP contribution in [0.2, 0.25) is 0 Å². The summed E-state index contributed by atoms with van der Waals surface area (Å²) in [6.45, 7) is 3.95. The summed E-state index contributed by atoms with van der Waals surface area (Å²) in [5.74, 6) is -1.83. The minimum Gasteiger partial charge on any atom is -0.461 e. The van der Waals surface area contributed by atoms with Crippen LogP contribution in [-0.2, 0) is 42.2 Å². The quantitative estimate of drug-likeness (QED) is 0.0260. The lowest BCUT2D eigenvalue weighted by molar-refractivity contribution is -0.160. The molecule has 0 aromatic rings. The van der Waals surface area contributed by atoms with Crippen LogP contribution in [0.15, 0.2) is 158 Å². The van der Waals surface area contributed by atoms with Gasteiger partial charge in [0.25, 0.3) is 0 Å². The number of carbonyl (C=O) groups is 3. The van der Waals surface area contributed by atoms with Crippen molar-refractivity contribution in [2.75, 3.05) is 26.4 Å². The van der Waals surface area contributed by atoms with Gasteiger partial charge in [-0.25, -0.2) is 4.57 Å². The number of aliphatic hydroxyl groups excluding tert-OH is 1. The average molecular weight is 963 g/mol. The Labute approximate surface area is 409 Å². The topological polar surface area (TPSA) is 155 Å². The summed E-state index contributed by atoms with van der Waals surface area (Å²) in [6.07, 6.45) is 62.9. The van der Waals surface area contributed by atoms with Crippen LogP contribution in [0.1, 0.15) is 136 Å². The predicted molar refractivity (Wildman–Crippen MR) is 278 cm³/mol. The summed E-state index contributed by atoms with van der Waals surface area (Å²) in [5.41, 5.74) is 0. The van der Waals surface area contributed by atoms with E-state index < -0.39 is 64.4 Å². The largest absolute Gasteiger partial charge is 0.472 e. The van der Waals surface area contributed by atoms with Gasteiger partial charge in [0.05, 0.1) is 26.2 Å². The molecule has 0 rings (SSSR count). The summed E-state index contributed by atoms with van der Waals surface area (Å²) >= 11 is 0. The van der Waals surface area contributed by atoms with Gasteiger partial charge in [-0.3, -0.25) is 23.4 Å². The van der Waals surface area contributed by atoms with Gasteiger partial charge in [-0.05, 0) is 96.3 Å². The second-order valence-electron chi connectivity index (χ2n) is 15.1. The molecule has 0 heterocycles. The summed E-state index contributed by atoms with van der Waals surface area (Å²) in [6, 6.07) is 0. The zero-order chi connectivity index (χ0) is 49.9. The van der Waals surface area contributed by atoms with Crippen LogP contribution in [0.3, 0.4) is 0 Å². The molecule has 0 aliphatic carbocycles. The zero-order valence-electron chi connectivity index (χ0n) is 41.2. The molecule has 378 valence electrons. The maximum Gasteiger partial charge on any atom is 0.472 e. The fraction of sp³-hybridized carbons (Fsp3) is 0.482.